The second-order valence-corrected chi connectivity index (χ2v) is 5.15. The number of rotatable bonds is 2. The molecule has 0 heterocycles. The first kappa shape index (κ1) is 12.9. The van der Waals surface area contributed by atoms with E-state index >= 15 is 0 Å². The lowest BCUT2D eigenvalue weighted by Gasteiger charge is -2.13. The molecule has 2 aromatic carbocycles. The molecule has 0 atom stereocenters. The number of halogens is 2. The lowest BCUT2D eigenvalue weighted by atomic mass is 10.1. The molecular formula is C14H14BrFN2. The molecule has 2 rings (SSSR count). The zero-order chi connectivity index (χ0) is 13.3. The van der Waals surface area contributed by atoms with Crippen molar-refractivity contribution in [2.45, 2.75) is 13.8 Å². The van der Waals surface area contributed by atoms with Crippen LogP contribution in [0.1, 0.15) is 11.1 Å². The summed E-state index contributed by atoms with van der Waals surface area (Å²) in [4.78, 5) is 0. The van der Waals surface area contributed by atoms with Gasteiger partial charge in [0.1, 0.15) is 5.82 Å². The molecule has 0 aromatic heterocycles. The minimum Gasteiger partial charge on any atom is -0.397 e. The number of benzene rings is 2. The molecule has 0 fully saturated rings. The van der Waals surface area contributed by atoms with E-state index in [9.17, 15) is 4.39 Å². The Balaban J connectivity index is 2.40. The van der Waals surface area contributed by atoms with Gasteiger partial charge in [-0.2, -0.15) is 0 Å². The second kappa shape index (κ2) is 4.98. The van der Waals surface area contributed by atoms with Gasteiger partial charge in [0.05, 0.1) is 15.8 Å². The molecule has 18 heavy (non-hydrogen) atoms. The smallest absolute Gasteiger partial charge is 0.139 e. The van der Waals surface area contributed by atoms with Gasteiger partial charge in [-0.3, -0.25) is 0 Å². The van der Waals surface area contributed by atoms with E-state index in [2.05, 4.69) is 21.2 Å². The molecule has 0 unspecified atom stereocenters. The number of hydrogen-bond acceptors (Lipinski definition) is 2. The summed E-state index contributed by atoms with van der Waals surface area (Å²) >= 11 is 3.11. The molecule has 0 aliphatic heterocycles. The molecule has 0 spiro atoms. The van der Waals surface area contributed by atoms with E-state index in [1.807, 2.05) is 32.0 Å². The van der Waals surface area contributed by atoms with Crippen molar-refractivity contribution < 1.29 is 4.39 Å². The van der Waals surface area contributed by atoms with Gasteiger partial charge >= 0.3 is 0 Å². The van der Waals surface area contributed by atoms with Gasteiger partial charge in [-0.25, -0.2) is 4.39 Å². The summed E-state index contributed by atoms with van der Waals surface area (Å²) in [7, 11) is 0. The van der Waals surface area contributed by atoms with E-state index in [1.54, 1.807) is 6.07 Å². The van der Waals surface area contributed by atoms with Crippen LogP contribution in [-0.2, 0) is 0 Å². The number of nitrogens with two attached hydrogens (primary N) is 1. The highest BCUT2D eigenvalue weighted by atomic mass is 79.9. The first-order chi connectivity index (χ1) is 8.47. The normalized spacial score (nSPS) is 10.4. The number of nitrogen functional groups attached to an aromatic ring is 1. The molecule has 0 bridgehead atoms. The van der Waals surface area contributed by atoms with Crippen molar-refractivity contribution in [1.29, 1.82) is 0 Å². The Hall–Kier alpha value is -1.55. The first-order valence-electron chi connectivity index (χ1n) is 5.56. The van der Waals surface area contributed by atoms with Gasteiger partial charge in [0.15, 0.2) is 0 Å². The summed E-state index contributed by atoms with van der Waals surface area (Å²) in [6, 6.07) is 9.01. The highest BCUT2D eigenvalue weighted by Gasteiger charge is 2.07. The van der Waals surface area contributed by atoms with Crippen molar-refractivity contribution in [2.75, 3.05) is 11.1 Å². The maximum absolute atomic E-state index is 13.5. The minimum atomic E-state index is -0.336. The Morgan fingerprint density at radius 1 is 1.11 bits per heavy atom. The van der Waals surface area contributed by atoms with Gasteiger partial charge in [-0.1, -0.05) is 12.1 Å². The molecule has 94 valence electrons. The van der Waals surface area contributed by atoms with Crippen LogP contribution in [0.2, 0.25) is 0 Å². The van der Waals surface area contributed by atoms with Crippen LogP contribution < -0.4 is 11.1 Å². The summed E-state index contributed by atoms with van der Waals surface area (Å²) in [5, 5.41) is 3.16. The Bertz CT molecular complexity index is 597. The fourth-order valence-electron chi connectivity index (χ4n) is 1.69. The maximum atomic E-state index is 13.5. The van der Waals surface area contributed by atoms with Crippen LogP contribution in [-0.4, -0.2) is 0 Å². The van der Waals surface area contributed by atoms with Gasteiger partial charge in [0, 0.05) is 11.8 Å². The highest BCUT2D eigenvalue weighted by molar-refractivity contribution is 9.10. The minimum absolute atomic E-state index is 0.336. The summed E-state index contributed by atoms with van der Waals surface area (Å²) in [5.74, 6) is -0.336. The lowest BCUT2D eigenvalue weighted by molar-refractivity contribution is 0.622. The van der Waals surface area contributed by atoms with Gasteiger partial charge in [0.2, 0.25) is 0 Å². The molecule has 2 aromatic rings. The largest absolute Gasteiger partial charge is 0.397 e. The van der Waals surface area contributed by atoms with Gasteiger partial charge in [-0.15, -0.1) is 0 Å². The summed E-state index contributed by atoms with van der Waals surface area (Å²) in [5.41, 5.74) is 10.1. The molecular weight excluding hydrogens is 295 g/mol. The van der Waals surface area contributed by atoms with Crippen molar-refractivity contribution in [1.82, 2.24) is 0 Å². The zero-order valence-corrected chi connectivity index (χ0v) is 11.8. The van der Waals surface area contributed by atoms with Crippen LogP contribution in [0.3, 0.4) is 0 Å². The lowest BCUT2D eigenvalue weighted by Crippen LogP contribution is -1.99. The third-order valence-electron chi connectivity index (χ3n) is 2.75. The second-order valence-electron chi connectivity index (χ2n) is 4.30. The number of hydrogen-bond donors (Lipinski definition) is 2. The predicted octanol–water partition coefficient (Wildman–Crippen LogP) is 4.53. The zero-order valence-electron chi connectivity index (χ0n) is 10.2. The fraction of sp³-hybridized carbons (Fsp3) is 0.143. The van der Waals surface area contributed by atoms with E-state index in [1.165, 1.54) is 6.07 Å². The van der Waals surface area contributed by atoms with Crippen molar-refractivity contribution >= 4 is 33.0 Å². The summed E-state index contributed by atoms with van der Waals surface area (Å²) in [6.07, 6.45) is 0. The van der Waals surface area contributed by atoms with E-state index in [-0.39, 0.29) is 5.82 Å². The molecule has 0 saturated heterocycles. The average molecular weight is 309 g/mol. The van der Waals surface area contributed by atoms with Crippen molar-refractivity contribution in [2.24, 2.45) is 0 Å². The Labute approximate surface area is 114 Å². The average Bonchev–Trinajstić information content (AvgIpc) is 2.30. The maximum Gasteiger partial charge on any atom is 0.139 e. The summed E-state index contributed by atoms with van der Waals surface area (Å²) in [6.45, 7) is 4.00. The molecule has 0 aliphatic rings. The molecule has 0 saturated carbocycles. The molecule has 0 amide bonds. The van der Waals surface area contributed by atoms with Crippen LogP contribution in [0.4, 0.5) is 21.5 Å². The monoisotopic (exact) mass is 308 g/mol. The van der Waals surface area contributed by atoms with Crippen molar-refractivity contribution in [3.8, 4) is 0 Å². The van der Waals surface area contributed by atoms with Crippen molar-refractivity contribution in [3.05, 3.63) is 51.7 Å². The molecule has 4 heteroatoms. The fourth-order valence-corrected chi connectivity index (χ4v) is 2.05. The Morgan fingerprint density at radius 3 is 2.56 bits per heavy atom. The van der Waals surface area contributed by atoms with Gasteiger partial charge < -0.3 is 11.1 Å². The standard InChI is InChI=1S/C14H14BrFN2/c1-8-3-4-9(2)13(5-8)18-14-7-11(16)10(15)6-12(14)17/h3-7,18H,17H2,1-2H3. The third kappa shape index (κ3) is 2.64. The molecule has 0 aliphatic carbocycles. The van der Waals surface area contributed by atoms with Crippen LogP contribution >= 0.6 is 15.9 Å². The number of nitrogens with one attached hydrogen (secondary N) is 1. The number of aryl methyl sites for hydroxylation is 2. The molecule has 3 N–H and O–H groups in total. The van der Waals surface area contributed by atoms with Crippen molar-refractivity contribution in [3.63, 3.8) is 0 Å². The number of anilines is 3. The molecule has 0 radical (unpaired) electrons. The van der Waals surface area contributed by atoms with E-state index < -0.39 is 0 Å². The topological polar surface area (TPSA) is 38.0 Å². The van der Waals surface area contributed by atoms with Crippen LogP contribution in [0.5, 0.6) is 0 Å². The van der Waals surface area contributed by atoms with E-state index in [0.717, 1.165) is 16.8 Å². The third-order valence-corrected chi connectivity index (χ3v) is 3.36. The first-order valence-corrected chi connectivity index (χ1v) is 6.35. The van der Waals surface area contributed by atoms with E-state index in [0.29, 0.717) is 15.8 Å². The van der Waals surface area contributed by atoms with Crippen LogP contribution in [0, 0.1) is 19.7 Å². The summed E-state index contributed by atoms with van der Waals surface area (Å²) < 4.78 is 13.9. The quantitative estimate of drug-likeness (QED) is 0.800. The van der Waals surface area contributed by atoms with Gasteiger partial charge in [0.25, 0.3) is 0 Å². The highest BCUT2D eigenvalue weighted by Crippen LogP contribution is 2.30. The van der Waals surface area contributed by atoms with E-state index in [4.69, 9.17) is 5.73 Å². The predicted molar refractivity (Wildman–Crippen MR) is 77.7 cm³/mol. The SMILES string of the molecule is Cc1ccc(C)c(Nc2cc(F)c(Br)cc2N)c1. The Kier molecular flexibility index (Phi) is 3.57. The molecule has 2 nitrogen and oxygen atoms in total. The Morgan fingerprint density at radius 2 is 1.83 bits per heavy atom. The van der Waals surface area contributed by atoms with Crippen LogP contribution in [0.15, 0.2) is 34.8 Å². The van der Waals surface area contributed by atoms with Crippen LogP contribution in [0.25, 0.3) is 0 Å². The van der Waals surface area contributed by atoms with Gasteiger partial charge in [-0.05, 0) is 53.0 Å².